The molecule has 7 heteroatoms. The van der Waals surface area contributed by atoms with E-state index >= 15 is 0 Å². The Balaban J connectivity index is 1.32. The Labute approximate surface area is 170 Å². The highest BCUT2D eigenvalue weighted by Gasteiger charge is 2.27. The van der Waals surface area contributed by atoms with E-state index in [0.717, 1.165) is 69.6 Å². The Morgan fingerprint density at radius 3 is 2.62 bits per heavy atom. The van der Waals surface area contributed by atoms with Crippen LogP contribution in [0.3, 0.4) is 0 Å². The zero-order valence-corrected chi connectivity index (χ0v) is 16.9. The van der Waals surface area contributed by atoms with Gasteiger partial charge in [0.15, 0.2) is 6.61 Å². The molecule has 0 unspecified atom stereocenters. The zero-order valence-electron chi connectivity index (χ0n) is 16.9. The summed E-state index contributed by atoms with van der Waals surface area (Å²) < 4.78 is 16.4. The highest BCUT2D eigenvalue weighted by Crippen LogP contribution is 2.23. The number of benzene rings is 1. The van der Waals surface area contributed by atoms with Gasteiger partial charge in [-0.15, -0.1) is 0 Å². The summed E-state index contributed by atoms with van der Waals surface area (Å²) in [6, 6.07) is 7.45. The van der Waals surface area contributed by atoms with E-state index in [9.17, 15) is 9.59 Å². The fraction of sp³-hybridized carbons (Fsp3) is 0.545. The molecule has 0 aliphatic carbocycles. The Morgan fingerprint density at radius 2 is 1.90 bits per heavy atom. The number of rotatable bonds is 5. The van der Waals surface area contributed by atoms with Gasteiger partial charge < -0.3 is 18.8 Å². The lowest BCUT2D eigenvalue weighted by atomic mass is 10.0. The van der Waals surface area contributed by atoms with Crippen molar-refractivity contribution in [1.29, 1.82) is 0 Å². The molecule has 2 aliphatic heterocycles. The molecule has 3 heterocycles. The minimum absolute atomic E-state index is 0.00529. The number of nitrogens with zero attached hydrogens (tertiary/aromatic N) is 2. The van der Waals surface area contributed by atoms with Gasteiger partial charge in [-0.3, -0.25) is 9.69 Å². The molecule has 1 aromatic heterocycles. The Bertz CT molecular complexity index is 911. The Hall–Kier alpha value is -2.38. The second-order valence-corrected chi connectivity index (χ2v) is 7.65. The minimum Gasteiger partial charge on any atom is -0.484 e. The van der Waals surface area contributed by atoms with E-state index in [1.807, 2.05) is 24.0 Å². The Kier molecular flexibility index (Phi) is 6.16. The van der Waals surface area contributed by atoms with Crippen LogP contribution in [-0.4, -0.2) is 67.7 Å². The largest absolute Gasteiger partial charge is 0.484 e. The van der Waals surface area contributed by atoms with Gasteiger partial charge in [0.05, 0.1) is 13.2 Å². The number of amides is 1. The van der Waals surface area contributed by atoms with Crippen LogP contribution in [0.4, 0.5) is 0 Å². The first-order valence-electron chi connectivity index (χ1n) is 10.4. The first-order valence-corrected chi connectivity index (χ1v) is 10.4. The highest BCUT2D eigenvalue weighted by atomic mass is 16.5. The lowest BCUT2D eigenvalue weighted by molar-refractivity contribution is -0.135. The first kappa shape index (κ1) is 19.9. The average molecular weight is 400 g/mol. The number of carbonyl (C=O) groups excluding carboxylic acids is 1. The number of aryl methyl sites for hydroxylation is 1. The summed E-state index contributed by atoms with van der Waals surface area (Å²) >= 11 is 0. The fourth-order valence-electron chi connectivity index (χ4n) is 4.25. The second kappa shape index (κ2) is 8.97. The van der Waals surface area contributed by atoms with Crippen LogP contribution in [-0.2, 0) is 16.0 Å². The quantitative estimate of drug-likeness (QED) is 0.716. The number of carbonyl (C=O) groups is 1. The summed E-state index contributed by atoms with van der Waals surface area (Å²) in [4.78, 5) is 28.6. The zero-order chi connectivity index (χ0) is 20.2. The van der Waals surface area contributed by atoms with Crippen LogP contribution >= 0.6 is 0 Å². The molecule has 7 nitrogen and oxygen atoms in total. The maximum Gasteiger partial charge on any atom is 0.336 e. The van der Waals surface area contributed by atoms with E-state index in [2.05, 4.69) is 4.90 Å². The van der Waals surface area contributed by atoms with E-state index < -0.39 is 0 Å². The average Bonchev–Trinajstić information content (AvgIpc) is 2.77. The molecule has 2 fully saturated rings. The third-order valence-electron chi connectivity index (χ3n) is 5.92. The molecule has 0 N–H and O–H groups in total. The van der Waals surface area contributed by atoms with Crippen LogP contribution in [0, 0.1) is 0 Å². The van der Waals surface area contributed by atoms with Crippen LogP contribution in [0.5, 0.6) is 5.75 Å². The van der Waals surface area contributed by atoms with Crippen molar-refractivity contribution in [2.24, 2.45) is 0 Å². The normalized spacial score (nSPS) is 18.9. The molecular formula is C22H28N2O5. The second-order valence-electron chi connectivity index (χ2n) is 7.65. The number of fused-ring (bicyclic) bond motifs is 1. The van der Waals surface area contributed by atoms with Crippen molar-refractivity contribution in [2.45, 2.75) is 32.2 Å². The van der Waals surface area contributed by atoms with Crippen molar-refractivity contribution in [3.8, 4) is 5.75 Å². The molecule has 156 valence electrons. The number of hydrogen-bond donors (Lipinski definition) is 0. The molecule has 0 bridgehead atoms. The summed E-state index contributed by atoms with van der Waals surface area (Å²) in [6.07, 6.45) is 2.74. The number of piperidine rings is 1. The van der Waals surface area contributed by atoms with Crippen molar-refractivity contribution in [3.63, 3.8) is 0 Å². The van der Waals surface area contributed by atoms with Crippen molar-refractivity contribution < 1.29 is 18.7 Å². The van der Waals surface area contributed by atoms with Crippen molar-refractivity contribution in [2.75, 3.05) is 46.0 Å². The number of morpholine rings is 1. The summed E-state index contributed by atoms with van der Waals surface area (Å²) in [5.41, 5.74) is 1.07. The standard InChI is InChI=1S/C22H28N2O5/c1-2-16-13-22(26)29-20-14-18(3-4-19(16)20)28-15-21(25)24-7-5-17(6-8-24)23-9-11-27-12-10-23/h3-4,13-14,17H,2,5-12,15H2,1H3. The number of likely N-dealkylation sites (tertiary alicyclic amines) is 1. The van der Waals surface area contributed by atoms with E-state index in [1.54, 1.807) is 6.07 Å². The van der Waals surface area contributed by atoms with Gasteiger partial charge in [0, 0.05) is 49.7 Å². The molecule has 0 radical (unpaired) electrons. The molecule has 2 aromatic rings. The van der Waals surface area contributed by atoms with E-state index in [0.29, 0.717) is 17.4 Å². The molecule has 1 aromatic carbocycles. The molecule has 0 atom stereocenters. The third-order valence-corrected chi connectivity index (χ3v) is 5.92. The smallest absolute Gasteiger partial charge is 0.336 e. The van der Waals surface area contributed by atoms with Gasteiger partial charge in [0.1, 0.15) is 11.3 Å². The van der Waals surface area contributed by atoms with Crippen molar-refractivity contribution in [3.05, 3.63) is 40.2 Å². The molecule has 1 amide bonds. The van der Waals surface area contributed by atoms with Gasteiger partial charge in [-0.1, -0.05) is 6.92 Å². The SMILES string of the molecule is CCc1cc(=O)oc2cc(OCC(=O)N3CCC(N4CCOCC4)CC3)ccc12. The van der Waals surface area contributed by atoms with Gasteiger partial charge in [-0.05, 0) is 37.0 Å². The van der Waals surface area contributed by atoms with Crippen LogP contribution in [0.2, 0.25) is 0 Å². The maximum atomic E-state index is 12.6. The third kappa shape index (κ3) is 4.62. The topological polar surface area (TPSA) is 72.2 Å². The lowest BCUT2D eigenvalue weighted by Crippen LogP contribution is -2.50. The summed E-state index contributed by atoms with van der Waals surface area (Å²) in [7, 11) is 0. The molecule has 2 saturated heterocycles. The molecule has 0 saturated carbocycles. The maximum absolute atomic E-state index is 12.6. The predicted molar refractivity (Wildman–Crippen MR) is 109 cm³/mol. The summed E-state index contributed by atoms with van der Waals surface area (Å²) in [5.74, 6) is 0.528. The van der Waals surface area contributed by atoms with E-state index in [4.69, 9.17) is 13.9 Å². The predicted octanol–water partition coefficient (Wildman–Crippen LogP) is 2.06. The van der Waals surface area contributed by atoms with Crippen molar-refractivity contribution >= 4 is 16.9 Å². The van der Waals surface area contributed by atoms with E-state index in [-0.39, 0.29) is 18.1 Å². The van der Waals surface area contributed by atoms with Crippen LogP contribution in [0.15, 0.2) is 33.5 Å². The molecular weight excluding hydrogens is 372 g/mol. The first-order chi connectivity index (χ1) is 14.1. The summed E-state index contributed by atoms with van der Waals surface area (Å²) in [5, 5.41) is 0.899. The van der Waals surface area contributed by atoms with Gasteiger partial charge in [0.25, 0.3) is 5.91 Å². The van der Waals surface area contributed by atoms with Crippen LogP contribution < -0.4 is 10.4 Å². The van der Waals surface area contributed by atoms with Gasteiger partial charge in [-0.2, -0.15) is 0 Å². The van der Waals surface area contributed by atoms with Crippen LogP contribution in [0.1, 0.15) is 25.3 Å². The molecule has 4 rings (SSSR count). The minimum atomic E-state index is -0.370. The van der Waals surface area contributed by atoms with Gasteiger partial charge in [-0.25, -0.2) is 4.79 Å². The molecule has 29 heavy (non-hydrogen) atoms. The molecule has 0 spiro atoms. The number of hydrogen-bond acceptors (Lipinski definition) is 6. The van der Waals surface area contributed by atoms with Gasteiger partial charge >= 0.3 is 5.63 Å². The van der Waals surface area contributed by atoms with Crippen molar-refractivity contribution in [1.82, 2.24) is 9.80 Å². The van der Waals surface area contributed by atoms with Crippen LogP contribution in [0.25, 0.3) is 11.0 Å². The highest BCUT2D eigenvalue weighted by molar-refractivity contribution is 5.82. The summed E-state index contributed by atoms with van der Waals surface area (Å²) in [6.45, 7) is 7.09. The molecule has 2 aliphatic rings. The fourth-order valence-corrected chi connectivity index (χ4v) is 4.25. The Morgan fingerprint density at radius 1 is 1.14 bits per heavy atom. The monoisotopic (exact) mass is 400 g/mol. The number of ether oxygens (including phenoxy) is 2. The van der Waals surface area contributed by atoms with E-state index in [1.165, 1.54) is 6.07 Å². The lowest BCUT2D eigenvalue weighted by Gasteiger charge is -2.40. The van der Waals surface area contributed by atoms with Gasteiger partial charge in [0.2, 0.25) is 0 Å².